The minimum Gasteiger partial charge on any atom is -0.486 e. The maximum atomic E-state index is 13.8. The Morgan fingerprint density at radius 1 is 0.933 bits per heavy atom. The molecule has 0 saturated heterocycles. The van der Waals surface area contributed by atoms with Crippen molar-refractivity contribution in [1.82, 2.24) is 0 Å². The lowest BCUT2D eigenvalue weighted by Gasteiger charge is -2.18. The van der Waals surface area contributed by atoms with Crippen molar-refractivity contribution in [2.24, 2.45) is 0 Å². The fourth-order valence-electron chi connectivity index (χ4n) is 2.89. The Kier molecular flexibility index (Phi) is 5.22. The third kappa shape index (κ3) is 3.31. The van der Waals surface area contributed by atoms with E-state index in [1.165, 1.54) is 0 Å². The molecule has 0 unspecified atom stereocenters. The van der Waals surface area contributed by atoms with Gasteiger partial charge in [-0.1, -0.05) is 6.07 Å². The van der Waals surface area contributed by atoms with Crippen LogP contribution in [0.4, 0.5) is 22.0 Å². The maximum Gasteiger partial charge on any atom is 0.200 e. The molecule has 10 heteroatoms. The SMILES string of the molecule is N#Cc1c(-c2ccc3c(c2)OCCO3)csc1OCc1c(F)c(F)c(F)c(F)c1F. The first-order valence-electron chi connectivity index (χ1n) is 8.47. The molecular weight excluding hydrogens is 429 g/mol. The smallest absolute Gasteiger partial charge is 0.200 e. The van der Waals surface area contributed by atoms with Crippen LogP contribution in [-0.4, -0.2) is 13.2 Å². The van der Waals surface area contributed by atoms with Gasteiger partial charge in [0, 0.05) is 10.9 Å². The summed E-state index contributed by atoms with van der Waals surface area (Å²) in [5.41, 5.74) is 0.00938. The van der Waals surface area contributed by atoms with Crippen LogP contribution in [0.1, 0.15) is 11.1 Å². The predicted molar refractivity (Wildman–Crippen MR) is 96.0 cm³/mol. The van der Waals surface area contributed by atoms with E-state index in [2.05, 4.69) is 0 Å². The lowest BCUT2D eigenvalue weighted by atomic mass is 10.0. The number of hydrogen-bond donors (Lipinski definition) is 0. The molecule has 154 valence electrons. The highest BCUT2D eigenvalue weighted by Gasteiger charge is 2.26. The van der Waals surface area contributed by atoms with E-state index in [0.717, 1.165) is 11.3 Å². The first-order valence-corrected chi connectivity index (χ1v) is 9.35. The number of benzene rings is 2. The Labute approximate surface area is 170 Å². The van der Waals surface area contributed by atoms with E-state index in [4.69, 9.17) is 14.2 Å². The van der Waals surface area contributed by atoms with E-state index in [-0.39, 0.29) is 10.6 Å². The highest BCUT2D eigenvalue weighted by Crippen LogP contribution is 2.41. The lowest BCUT2D eigenvalue weighted by molar-refractivity contribution is 0.171. The van der Waals surface area contributed by atoms with Crippen LogP contribution < -0.4 is 14.2 Å². The number of ether oxygens (including phenoxy) is 3. The largest absolute Gasteiger partial charge is 0.486 e. The number of hydrogen-bond acceptors (Lipinski definition) is 5. The van der Waals surface area contributed by atoms with Crippen LogP contribution in [0.25, 0.3) is 11.1 Å². The summed E-state index contributed by atoms with van der Waals surface area (Å²) < 4.78 is 83.7. The van der Waals surface area contributed by atoms with Gasteiger partial charge < -0.3 is 14.2 Å². The molecule has 0 spiro atoms. The minimum absolute atomic E-state index is 0.0219. The molecule has 1 aliphatic rings. The third-order valence-electron chi connectivity index (χ3n) is 4.37. The number of halogens is 5. The minimum atomic E-state index is -2.25. The second-order valence-electron chi connectivity index (χ2n) is 6.12. The zero-order chi connectivity index (χ0) is 21.4. The summed E-state index contributed by atoms with van der Waals surface area (Å²) in [5.74, 6) is -9.27. The molecular formula is C20H10F5NO3S. The second-order valence-corrected chi connectivity index (χ2v) is 6.96. The highest BCUT2D eigenvalue weighted by atomic mass is 32.1. The van der Waals surface area contributed by atoms with Crippen LogP contribution in [0.2, 0.25) is 0 Å². The number of thiophene rings is 1. The summed E-state index contributed by atoms with van der Waals surface area (Å²) in [6.45, 7) is -0.146. The quantitative estimate of drug-likeness (QED) is 0.313. The number of nitriles is 1. The summed E-state index contributed by atoms with van der Waals surface area (Å²) in [7, 11) is 0. The average molecular weight is 439 g/mol. The van der Waals surface area contributed by atoms with Gasteiger partial charge in [0.25, 0.3) is 0 Å². The molecule has 0 atom stereocenters. The molecule has 0 N–H and O–H groups in total. The Bertz CT molecular complexity index is 1160. The van der Waals surface area contributed by atoms with Gasteiger partial charge >= 0.3 is 0 Å². The van der Waals surface area contributed by atoms with Gasteiger partial charge in [-0.2, -0.15) is 5.26 Å². The fourth-order valence-corrected chi connectivity index (χ4v) is 3.77. The van der Waals surface area contributed by atoms with Crippen LogP contribution >= 0.6 is 11.3 Å². The molecule has 2 heterocycles. The third-order valence-corrected chi connectivity index (χ3v) is 5.26. The predicted octanol–water partition coefficient (Wildman–Crippen LogP) is 5.33. The first-order chi connectivity index (χ1) is 14.4. The number of nitrogens with zero attached hydrogens (tertiary/aromatic N) is 1. The van der Waals surface area contributed by atoms with Crippen molar-refractivity contribution in [3.05, 3.63) is 63.8 Å². The van der Waals surface area contributed by atoms with Crippen LogP contribution in [0.3, 0.4) is 0 Å². The molecule has 0 aliphatic carbocycles. The lowest BCUT2D eigenvalue weighted by Crippen LogP contribution is -2.15. The summed E-state index contributed by atoms with van der Waals surface area (Å²) >= 11 is 0.952. The van der Waals surface area contributed by atoms with Crippen molar-refractivity contribution >= 4 is 11.3 Å². The van der Waals surface area contributed by atoms with Gasteiger partial charge in [0.1, 0.15) is 31.5 Å². The summed E-state index contributed by atoms with van der Waals surface area (Å²) in [6.07, 6.45) is 0. The van der Waals surface area contributed by atoms with E-state index < -0.39 is 41.3 Å². The maximum absolute atomic E-state index is 13.8. The van der Waals surface area contributed by atoms with Gasteiger partial charge in [0.15, 0.2) is 39.8 Å². The van der Waals surface area contributed by atoms with Crippen LogP contribution in [0, 0.1) is 40.4 Å². The summed E-state index contributed by atoms with van der Waals surface area (Å²) in [5, 5.41) is 11.1. The normalized spacial score (nSPS) is 12.5. The monoisotopic (exact) mass is 439 g/mol. The van der Waals surface area contributed by atoms with Crippen LogP contribution in [0.15, 0.2) is 23.6 Å². The zero-order valence-electron chi connectivity index (χ0n) is 14.9. The first kappa shape index (κ1) is 20.0. The Morgan fingerprint density at radius 2 is 1.57 bits per heavy atom. The van der Waals surface area contributed by atoms with Crippen molar-refractivity contribution in [3.8, 4) is 33.8 Å². The molecule has 0 fully saturated rings. The molecule has 4 nitrogen and oxygen atoms in total. The Balaban J connectivity index is 1.64. The van der Waals surface area contributed by atoms with Gasteiger partial charge in [0.05, 0.1) is 5.56 Å². The molecule has 4 rings (SSSR count). The molecule has 1 aromatic heterocycles. The van der Waals surface area contributed by atoms with Crippen molar-refractivity contribution in [2.45, 2.75) is 6.61 Å². The second kappa shape index (κ2) is 7.84. The highest BCUT2D eigenvalue weighted by molar-refractivity contribution is 7.12. The van der Waals surface area contributed by atoms with E-state index in [9.17, 15) is 27.2 Å². The molecule has 0 bridgehead atoms. The van der Waals surface area contributed by atoms with Crippen molar-refractivity contribution in [1.29, 1.82) is 5.26 Å². The molecule has 2 aromatic carbocycles. The molecule has 30 heavy (non-hydrogen) atoms. The van der Waals surface area contributed by atoms with Gasteiger partial charge in [-0.3, -0.25) is 0 Å². The summed E-state index contributed by atoms with van der Waals surface area (Å²) in [4.78, 5) is 0. The molecule has 1 aliphatic heterocycles. The van der Waals surface area contributed by atoms with Gasteiger partial charge in [0.2, 0.25) is 5.82 Å². The average Bonchev–Trinajstić information content (AvgIpc) is 3.19. The summed E-state index contributed by atoms with van der Waals surface area (Å²) in [6, 6.07) is 6.99. The molecule has 0 saturated carbocycles. The standard InChI is InChI=1S/C20H10F5NO3S/c21-15-11(16(22)18(24)19(25)17(15)23)7-29-20-10(6-26)12(8-30-20)9-1-2-13-14(5-9)28-4-3-27-13/h1-2,5,8H,3-4,7H2. The number of fused-ring (bicyclic) bond motifs is 1. The van der Waals surface area contributed by atoms with Crippen LogP contribution in [0.5, 0.6) is 16.6 Å². The topological polar surface area (TPSA) is 51.5 Å². The molecule has 0 radical (unpaired) electrons. The van der Waals surface area contributed by atoms with E-state index in [1.807, 2.05) is 6.07 Å². The van der Waals surface area contributed by atoms with Gasteiger partial charge in [-0.05, 0) is 17.7 Å². The zero-order valence-corrected chi connectivity index (χ0v) is 15.7. The Hall–Kier alpha value is -3.32. The van der Waals surface area contributed by atoms with Crippen LogP contribution in [-0.2, 0) is 6.61 Å². The molecule has 3 aromatic rings. The molecule has 0 amide bonds. The fraction of sp³-hybridized carbons (Fsp3) is 0.150. The van der Waals surface area contributed by atoms with E-state index >= 15 is 0 Å². The van der Waals surface area contributed by atoms with Gasteiger partial charge in [-0.25, -0.2) is 22.0 Å². The Morgan fingerprint density at radius 3 is 2.23 bits per heavy atom. The van der Waals surface area contributed by atoms with E-state index in [1.54, 1.807) is 23.6 Å². The van der Waals surface area contributed by atoms with Gasteiger partial charge in [-0.15, -0.1) is 11.3 Å². The van der Waals surface area contributed by atoms with Crippen molar-refractivity contribution in [2.75, 3.05) is 13.2 Å². The van der Waals surface area contributed by atoms with Crippen molar-refractivity contribution in [3.63, 3.8) is 0 Å². The van der Waals surface area contributed by atoms with Crippen molar-refractivity contribution < 1.29 is 36.2 Å². The van der Waals surface area contributed by atoms with E-state index in [0.29, 0.717) is 35.8 Å². The number of rotatable bonds is 4.